The first-order valence-corrected chi connectivity index (χ1v) is 6.44. The number of hydrogen-bond donors (Lipinski definition) is 1. The van der Waals surface area contributed by atoms with Gasteiger partial charge in [-0.05, 0) is 25.5 Å². The van der Waals surface area contributed by atoms with Crippen molar-refractivity contribution < 1.29 is 10.1 Å². The van der Waals surface area contributed by atoms with Crippen molar-refractivity contribution in [2.45, 2.75) is 26.4 Å². The summed E-state index contributed by atoms with van der Waals surface area (Å²) in [6, 6.07) is 10.4. The van der Waals surface area contributed by atoms with Crippen LogP contribution in [-0.2, 0) is 4.74 Å². The third-order valence-corrected chi connectivity index (χ3v) is 2.42. The fourth-order valence-electron chi connectivity index (χ4n) is 1.53. The SMILES string of the molecule is CC(C)OCCC[NH2+]C/C=C/c1ccccc1. The molecule has 2 heteroatoms. The summed E-state index contributed by atoms with van der Waals surface area (Å²) < 4.78 is 5.48. The largest absolute Gasteiger partial charge is 0.379 e. The van der Waals surface area contributed by atoms with Gasteiger partial charge in [0.15, 0.2) is 0 Å². The van der Waals surface area contributed by atoms with Crippen molar-refractivity contribution >= 4 is 6.08 Å². The Bertz CT molecular complexity index is 306. The Morgan fingerprint density at radius 3 is 2.71 bits per heavy atom. The Morgan fingerprint density at radius 1 is 1.24 bits per heavy atom. The van der Waals surface area contributed by atoms with Crippen LogP contribution in [0.15, 0.2) is 36.4 Å². The lowest BCUT2D eigenvalue weighted by Gasteiger charge is -2.05. The zero-order chi connectivity index (χ0) is 12.3. The van der Waals surface area contributed by atoms with Crippen LogP contribution in [0.5, 0.6) is 0 Å². The lowest BCUT2D eigenvalue weighted by atomic mass is 10.2. The number of nitrogens with two attached hydrogens (primary N) is 1. The predicted molar refractivity (Wildman–Crippen MR) is 72.8 cm³/mol. The normalized spacial score (nSPS) is 11.5. The average Bonchev–Trinajstić information content (AvgIpc) is 2.33. The van der Waals surface area contributed by atoms with E-state index in [1.807, 2.05) is 6.07 Å². The van der Waals surface area contributed by atoms with Crippen molar-refractivity contribution in [3.63, 3.8) is 0 Å². The minimum absolute atomic E-state index is 0.355. The van der Waals surface area contributed by atoms with Gasteiger partial charge in [-0.25, -0.2) is 0 Å². The highest BCUT2D eigenvalue weighted by Gasteiger charge is 1.93. The van der Waals surface area contributed by atoms with Crippen molar-refractivity contribution in [2.24, 2.45) is 0 Å². The molecule has 1 aromatic carbocycles. The van der Waals surface area contributed by atoms with Crippen LogP contribution in [0.1, 0.15) is 25.8 Å². The van der Waals surface area contributed by atoms with Crippen LogP contribution in [-0.4, -0.2) is 25.8 Å². The zero-order valence-corrected chi connectivity index (χ0v) is 10.9. The lowest BCUT2D eigenvalue weighted by molar-refractivity contribution is -0.646. The minimum Gasteiger partial charge on any atom is -0.379 e. The van der Waals surface area contributed by atoms with Gasteiger partial charge < -0.3 is 10.1 Å². The second-order valence-corrected chi connectivity index (χ2v) is 4.40. The number of rotatable bonds is 8. The molecule has 0 saturated heterocycles. The first kappa shape index (κ1) is 13.9. The quantitative estimate of drug-likeness (QED) is 0.685. The molecule has 1 aromatic rings. The number of hydrogen-bond acceptors (Lipinski definition) is 1. The summed E-state index contributed by atoms with van der Waals surface area (Å²) in [4.78, 5) is 0. The van der Waals surface area contributed by atoms with Crippen molar-refractivity contribution in [3.05, 3.63) is 42.0 Å². The van der Waals surface area contributed by atoms with Gasteiger partial charge in [-0.15, -0.1) is 0 Å². The fraction of sp³-hybridized carbons (Fsp3) is 0.467. The Balaban J connectivity index is 1.99. The second kappa shape index (κ2) is 8.97. The number of quaternary nitrogens is 1. The third kappa shape index (κ3) is 7.72. The van der Waals surface area contributed by atoms with Gasteiger partial charge in [-0.3, -0.25) is 0 Å². The molecule has 0 heterocycles. The van der Waals surface area contributed by atoms with Gasteiger partial charge in [0, 0.05) is 6.42 Å². The lowest BCUT2D eigenvalue weighted by Crippen LogP contribution is -2.84. The molecular formula is C15H24NO+. The number of benzene rings is 1. The maximum absolute atomic E-state index is 5.48. The van der Waals surface area contributed by atoms with Gasteiger partial charge in [0.05, 0.1) is 25.8 Å². The molecule has 0 amide bonds. The molecule has 17 heavy (non-hydrogen) atoms. The van der Waals surface area contributed by atoms with Crippen LogP contribution in [0.25, 0.3) is 6.08 Å². The highest BCUT2D eigenvalue weighted by Crippen LogP contribution is 1.99. The van der Waals surface area contributed by atoms with Crippen LogP contribution in [0.3, 0.4) is 0 Å². The number of ether oxygens (including phenoxy) is 1. The van der Waals surface area contributed by atoms with Crippen LogP contribution in [0, 0.1) is 0 Å². The molecule has 0 unspecified atom stereocenters. The topological polar surface area (TPSA) is 25.8 Å². The molecule has 0 bridgehead atoms. The molecule has 2 nitrogen and oxygen atoms in total. The van der Waals surface area contributed by atoms with Crippen LogP contribution in [0.2, 0.25) is 0 Å². The summed E-state index contributed by atoms with van der Waals surface area (Å²) in [6.45, 7) is 7.19. The zero-order valence-electron chi connectivity index (χ0n) is 10.9. The Kier molecular flexibility index (Phi) is 7.35. The molecule has 0 aromatic heterocycles. The van der Waals surface area contributed by atoms with E-state index in [4.69, 9.17) is 4.74 Å². The van der Waals surface area contributed by atoms with Gasteiger partial charge >= 0.3 is 0 Å². The standard InChI is InChI=1S/C15H23NO/c1-14(2)17-13-7-12-16-11-6-10-15-8-4-3-5-9-15/h3-6,8-10,14,16H,7,11-13H2,1-2H3/p+1/b10-6+. The summed E-state index contributed by atoms with van der Waals surface area (Å²) in [5, 5.41) is 2.31. The van der Waals surface area contributed by atoms with E-state index in [9.17, 15) is 0 Å². The molecule has 1 rings (SSSR count). The molecule has 2 N–H and O–H groups in total. The summed E-state index contributed by atoms with van der Waals surface area (Å²) in [5.41, 5.74) is 1.27. The summed E-state index contributed by atoms with van der Waals surface area (Å²) >= 11 is 0. The van der Waals surface area contributed by atoms with E-state index in [2.05, 4.69) is 55.6 Å². The van der Waals surface area contributed by atoms with Crippen LogP contribution >= 0.6 is 0 Å². The monoisotopic (exact) mass is 234 g/mol. The molecule has 94 valence electrons. The van der Waals surface area contributed by atoms with Crippen LogP contribution < -0.4 is 5.32 Å². The Hall–Kier alpha value is -1.12. The average molecular weight is 234 g/mol. The van der Waals surface area contributed by atoms with E-state index in [-0.39, 0.29) is 0 Å². The predicted octanol–water partition coefficient (Wildman–Crippen LogP) is 2.08. The van der Waals surface area contributed by atoms with E-state index in [1.165, 1.54) is 5.56 Å². The van der Waals surface area contributed by atoms with E-state index in [0.29, 0.717) is 6.10 Å². The molecule has 0 saturated carbocycles. The van der Waals surface area contributed by atoms with Gasteiger partial charge in [0.1, 0.15) is 0 Å². The third-order valence-electron chi connectivity index (χ3n) is 2.42. The fourth-order valence-corrected chi connectivity index (χ4v) is 1.53. The summed E-state index contributed by atoms with van der Waals surface area (Å²) in [6.07, 6.45) is 5.85. The first-order chi connectivity index (χ1) is 8.29. The van der Waals surface area contributed by atoms with Crippen molar-refractivity contribution in [3.8, 4) is 0 Å². The van der Waals surface area contributed by atoms with E-state index in [1.54, 1.807) is 0 Å². The summed E-state index contributed by atoms with van der Waals surface area (Å²) in [7, 11) is 0. The van der Waals surface area contributed by atoms with Gasteiger partial charge in [-0.1, -0.05) is 36.4 Å². The molecule has 0 aliphatic heterocycles. The Morgan fingerprint density at radius 2 is 2.00 bits per heavy atom. The Labute approximate surface area is 105 Å². The maximum Gasteiger partial charge on any atom is 0.0945 e. The van der Waals surface area contributed by atoms with E-state index >= 15 is 0 Å². The van der Waals surface area contributed by atoms with Crippen molar-refractivity contribution in [1.29, 1.82) is 0 Å². The molecule has 0 aliphatic carbocycles. The smallest absolute Gasteiger partial charge is 0.0945 e. The second-order valence-electron chi connectivity index (χ2n) is 4.40. The molecule has 0 spiro atoms. The molecule has 0 aliphatic rings. The summed E-state index contributed by atoms with van der Waals surface area (Å²) in [5.74, 6) is 0. The maximum atomic E-state index is 5.48. The van der Waals surface area contributed by atoms with Gasteiger partial charge in [0.25, 0.3) is 0 Å². The van der Waals surface area contributed by atoms with E-state index in [0.717, 1.165) is 26.1 Å². The molecule has 0 atom stereocenters. The van der Waals surface area contributed by atoms with Crippen LogP contribution in [0.4, 0.5) is 0 Å². The van der Waals surface area contributed by atoms with E-state index < -0.39 is 0 Å². The minimum atomic E-state index is 0.355. The van der Waals surface area contributed by atoms with Crippen molar-refractivity contribution in [2.75, 3.05) is 19.7 Å². The molecular weight excluding hydrogens is 210 g/mol. The van der Waals surface area contributed by atoms with Gasteiger partial charge in [0.2, 0.25) is 0 Å². The highest BCUT2D eigenvalue weighted by molar-refractivity contribution is 5.48. The highest BCUT2D eigenvalue weighted by atomic mass is 16.5. The van der Waals surface area contributed by atoms with Gasteiger partial charge in [-0.2, -0.15) is 0 Å². The molecule has 0 fully saturated rings. The van der Waals surface area contributed by atoms with Crippen molar-refractivity contribution in [1.82, 2.24) is 0 Å². The first-order valence-electron chi connectivity index (χ1n) is 6.44. The molecule has 0 radical (unpaired) electrons.